The highest BCUT2D eigenvalue weighted by Crippen LogP contribution is 2.30. The molecule has 0 radical (unpaired) electrons. The van der Waals surface area contributed by atoms with Crippen LogP contribution in [0.15, 0.2) is 66.2 Å². The summed E-state index contributed by atoms with van der Waals surface area (Å²) in [4.78, 5) is 17.3. The minimum Gasteiger partial charge on any atom is -0.319 e. The number of fused-ring (bicyclic) bond motifs is 3. The second-order valence-corrected chi connectivity index (χ2v) is 7.45. The predicted octanol–water partition coefficient (Wildman–Crippen LogP) is 3.91. The number of pyridine rings is 2. The lowest BCUT2D eigenvalue weighted by molar-refractivity contribution is 0.629. The van der Waals surface area contributed by atoms with Crippen LogP contribution in [0.2, 0.25) is 0 Å². The molecule has 5 rings (SSSR count). The standard InChI is InChI=1S/C24H22N4O/c1-3-27-22-13-18(5-6-19(22)20-8-10-25-15-23(20)27)28-11-9-17(12-24(28)29)21-7-4-16(2)14-26-21/h3-7,9,11-14,25H,1,8,10,15H2,2H3. The monoisotopic (exact) mass is 382 g/mol. The van der Waals surface area contributed by atoms with Gasteiger partial charge < -0.3 is 9.88 Å². The fraction of sp³-hybridized carbons (Fsp3) is 0.167. The summed E-state index contributed by atoms with van der Waals surface area (Å²) in [6.07, 6.45) is 6.50. The van der Waals surface area contributed by atoms with Gasteiger partial charge in [0.15, 0.2) is 0 Å². The third kappa shape index (κ3) is 2.91. The van der Waals surface area contributed by atoms with E-state index in [0.717, 1.165) is 47.5 Å². The normalized spacial score (nSPS) is 13.4. The zero-order valence-corrected chi connectivity index (χ0v) is 16.4. The Hall–Kier alpha value is -3.44. The Morgan fingerprint density at radius 3 is 2.83 bits per heavy atom. The molecule has 1 aliphatic heterocycles. The number of aromatic nitrogens is 3. The number of nitrogens with one attached hydrogen (secondary N) is 1. The minimum atomic E-state index is -0.0765. The van der Waals surface area contributed by atoms with Crippen molar-refractivity contribution >= 4 is 17.1 Å². The van der Waals surface area contributed by atoms with Gasteiger partial charge in [0.25, 0.3) is 5.56 Å². The molecule has 5 heteroatoms. The van der Waals surface area contributed by atoms with Gasteiger partial charge >= 0.3 is 0 Å². The topological polar surface area (TPSA) is 51.9 Å². The molecular formula is C24H22N4O. The maximum Gasteiger partial charge on any atom is 0.255 e. The second kappa shape index (κ2) is 6.87. The van der Waals surface area contributed by atoms with Gasteiger partial charge in [-0.25, -0.2) is 0 Å². The Bertz CT molecular complexity index is 1300. The summed E-state index contributed by atoms with van der Waals surface area (Å²) in [5, 5.41) is 4.66. The van der Waals surface area contributed by atoms with Gasteiger partial charge in [-0.1, -0.05) is 18.7 Å². The van der Waals surface area contributed by atoms with Crippen LogP contribution in [0, 0.1) is 6.92 Å². The molecule has 4 heterocycles. The fourth-order valence-electron chi connectivity index (χ4n) is 4.16. The highest BCUT2D eigenvalue weighted by molar-refractivity contribution is 5.89. The van der Waals surface area contributed by atoms with Gasteiger partial charge in [0.1, 0.15) is 0 Å². The van der Waals surface area contributed by atoms with Gasteiger partial charge in [0.05, 0.1) is 16.9 Å². The molecule has 0 amide bonds. The molecule has 0 saturated heterocycles. The molecule has 0 unspecified atom stereocenters. The maximum absolute atomic E-state index is 12.9. The first-order valence-corrected chi connectivity index (χ1v) is 9.81. The van der Waals surface area contributed by atoms with Crippen LogP contribution >= 0.6 is 0 Å². The maximum atomic E-state index is 12.9. The highest BCUT2D eigenvalue weighted by Gasteiger charge is 2.19. The molecule has 0 bridgehead atoms. The van der Waals surface area contributed by atoms with Crippen molar-refractivity contribution in [1.29, 1.82) is 0 Å². The van der Waals surface area contributed by atoms with Crippen molar-refractivity contribution in [3.8, 4) is 16.9 Å². The Morgan fingerprint density at radius 1 is 1.17 bits per heavy atom. The average molecular weight is 382 g/mol. The molecule has 0 fully saturated rings. The van der Waals surface area contributed by atoms with Gasteiger partial charge in [-0.3, -0.25) is 14.3 Å². The van der Waals surface area contributed by atoms with Crippen LogP contribution in [0.1, 0.15) is 16.8 Å². The van der Waals surface area contributed by atoms with E-state index in [2.05, 4.69) is 33.6 Å². The quantitative estimate of drug-likeness (QED) is 0.585. The van der Waals surface area contributed by atoms with E-state index in [9.17, 15) is 4.79 Å². The van der Waals surface area contributed by atoms with Crippen LogP contribution in [0.3, 0.4) is 0 Å². The van der Waals surface area contributed by atoms with Gasteiger partial charge in [-0.15, -0.1) is 0 Å². The molecule has 4 aromatic rings. The first kappa shape index (κ1) is 17.6. The molecule has 3 aromatic heterocycles. The van der Waals surface area contributed by atoms with Crippen molar-refractivity contribution in [2.45, 2.75) is 19.9 Å². The molecule has 0 spiro atoms. The summed E-state index contributed by atoms with van der Waals surface area (Å²) in [5.41, 5.74) is 7.20. The predicted molar refractivity (Wildman–Crippen MR) is 117 cm³/mol. The summed E-state index contributed by atoms with van der Waals surface area (Å²) in [7, 11) is 0. The van der Waals surface area contributed by atoms with Crippen molar-refractivity contribution in [2.24, 2.45) is 0 Å². The van der Waals surface area contributed by atoms with Gasteiger partial charge in [0.2, 0.25) is 0 Å². The first-order valence-electron chi connectivity index (χ1n) is 9.81. The summed E-state index contributed by atoms with van der Waals surface area (Å²) in [5.74, 6) is 0. The second-order valence-electron chi connectivity index (χ2n) is 7.45. The van der Waals surface area contributed by atoms with Gasteiger partial charge in [0, 0.05) is 47.8 Å². The Labute approximate surface area is 169 Å². The largest absolute Gasteiger partial charge is 0.319 e. The molecule has 5 nitrogen and oxygen atoms in total. The number of hydrogen-bond donors (Lipinski definition) is 1. The van der Waals surface area contributed by atoms with Gasteiger partial charge in [-0.05, 0) is 55.3 Å². The van der Waals surface area contributed by atoms with Crippen LogP contribution in [-0.2, 0) is 13.0 Å². The van der Waals surface area contributed by atoms with E-state index in [0.29, 0.717) is 0 Å². The van der Waals surface area contributed by atoms with Gasteiger partial charge in [-0.2, -0.15) is 0 Å². The minimum absolute atomic E-state index is 0.0765. The lowest BCUT2D eigenvalue weighted by atomic mass is 10.0. The molecule has 144 valence electrons. The molecule has 1 aliphatic rings. The Balaban J connectivity index is 1.61. The van der Waals surface area contributed by atoms with E-state index < -0.39 is 0 Å². The smallest absolute Gasteiger partial charge is 0.255 e. The number of benzene rings is 1. The lowest BCUT2D eigenvalue weighted by Crippen LogP contribution is -2.24. The molecule has 1 N–H and O–H groups in total. The van der Waals surface area contributed by atoms with Crippen LogP contribution in [0.5, 0.6) is 0 Å². The third-order valence-corrected chi connectivity index (χ3v) is 5.64. The summed E-state index contributed by atoms with van der Waals surface area (Å²) in [6.45, 7) is 7.81. The van der Waals surface area contributed by atoms with Crippen molar-refractivity contribution < 1.29 is 0 Å². The molecule has 1 aromatic carbocycles. The number of hydrogen-bond acceptors (Lipinski definition) is 3. The number of rotatable bonds is 3. The number of nitrogens with zero attached hydrogens (tertiary/aromatic N) is 3. The van der Waals surface area contributed by atoms with E-state index in [1.807, 2.05) is 49.8 Å². The fourth-order valence-corrected chi connectivity index (χ4v) is 4.16. The van der Waals surface area contributed by atoms with Crippen molar-refractivity contribution in [3.05, 3.63) is 88.6 Å². The van der Waals surface area contributed by atoms with E-state index in [1.54, 1.807) is 10.6 Å². The molecule has 0 aliphatic carbocycles. The van der Waals surface area contributed by atoms with E-state index in [-0.39, 0.29) is 5.56 Å². The first-order chi connectivity index (χ1) is 14.2. The van der Waals surface area contributed by atoms with Crippen LogP contribution < -0.4 is 10.9 Å². The van der Waals surface area contributed by atoms with Crippen LogP contribution in [0.25, 0.3) is 34.0 Å². The lowest BCUT2D eigenvalue weighted by Gasteiger charge is -2.14. The van der Waals surface area contributed by atoms with Crippen molar-refractivity contribution in [3.63, 3.8) is 0 Å². The molecule has 0 atom stereocenters. The summed E-state index contributed by atoms with van der Waals surface area (Å²) in [6, 6.07) is 13.7. The van der Waals surface area contributed by atoms with Crippen LogP contribution in [-0.4, -0.2) is 20.7 Å². The van der Waals surface area contributed by atoms with E-state index in [1.165, 1.54) is 16.6 Å². The zero-order valence-electron chi connectivity index (χ0n) is 16.4. The summed E-state index contributed by atoms with van der Waals surface area (Å²) >= 11 is 0. The Kier molecular flexibility index (Phi) is 4.18. The summed E-state index contributed by atoms with van der Waals surface area (Å²) < 4.78 is 3.81. The SMILES string of the molecule is C=Cn1c2c(c3ccc(-n4ccc(-c5ccc(C)cn5)cc4=O)cc31)CCNC2. The molecule has 0 saturated carbocycles. The molecular weight excluding hydrogens is 360 g/mol. The average Bonchev–Trinajstić information content (AvgIpc) is 3.07. The van der Waals surface area contributed by atoms with Crippen molar-refractivity contribution in [2.75, 3.05) is 6.54 Å². The van der Waals surface area contributed by atoms with E-state index in [4.69, 9.17) is 0 Å². The highest BCUT2D eigenvalue weighted by atomic mass is 16.1. The van der Waals surface area contributed by atoms with E-state index >= 15 is 0 Å². The van der Waals surface area contributed by atoms with Crippen LogP contribution in [0.4, 0.5) is 0 Å². The molecule has 29 heavy (non-hydrogen) atoms. The Morgan fingerprint density at radius 2 is 2.07 bits per heavy atom. The zero-order chi connectivity index (χ0) is 20.0. The number of aryl methyl sites for hydroxylation is 1. The van der Waals surface area contributed by atoms with Crippen molar-refractivity contribution in [1.82, 2.24) is 19.4 Å². The third-order valence-electron chi connectivity index (χ3n) is 5.64.